The minimum Gasteiger partial charge on any atom is -0.488 e. The van der Waals surface area contributed by atoms with E-state index in [0.29, 0.717) is 38.3 Å². The highest BCUT2D eigenvalue weighted by molar-refractivity contribution is 6.32. The molecule has 26 heavy (non-hydrogen) atoms. The lowest BCUT2D eigenvalue weighted by molar-refractivity contribution is 0.100. The fourth-order valence-corrected chi connectivity index (χ4v) is 3.42. The molecule has 0 amide bonds. The van der Waals surface area contributed by atoms with E-state index >= 15 is 0 Å². The van der Waals surface area contributed by atoms with Crippen LogP contribution < -0.4 is 4.74 Å². The molecule has 2 heterocycles. The van der Waals surface area contributed by atoms with Crippen LogP contribution in [-0.4, -0.2) is 22.2 Å². The third-order valence-electron chi connectivity index (χ3n) is 4.23. The van der Waals surface area contributed by atoms with Crippen LogP contribution in [0.3, 0.4) is 0 Å². The van der Waals surface area contributed by atoms with Crippen LogP contribution in [0, 0.1) is 6.92 Å². The molecule has 0 N–H and O–H groups in total. The number of halogens is 2. The van der Waals surface area contributed by atoms with Crippen LogP contribution in [0.1, 0.15) is 21.6 Å². The topological polar surface area (TPSA) is 44.1 Å². The highest BCUT2D eigenvalue weighted by Crippen LogP contribution is 2.31. The Bertz CT molecular complexity index is 1050. The monoisotopic (exact) mass is 384 g/mol. The molecule has 6 heteroatoms. The Balaban J connectivity index is 1.76. The van der Waals surface area contributed by atoms with Gasteiger partial charge in [0.1, 0.15) is 17.5 Å². The van der Waals surface area contributed by atoms with E-state index in [1.165, 1.54) is 0 Å². The smallest absolute Gasteiger partial charge is 0.196 e. The lowest BCUT2D eigenvalue weighted by atomic mass is 9.99. The Labute approximate surface area is 160 Å². The number of fused-ring (bicyclic) bond motifs is 1. The summed E-state index contributed by atoms with van der Waals surface area (Å²) in [6.07, 6.45) is 1.75. The van der Waals surface area contributed by atoms with Gasteiger partial charge in [-0.3, -0.25) is 4.79 Å². The van der Waals surface area contributed by atoms with Crippen molar-refractivity contribution in [2.75, 3.05) is 6.61 Å². The average molecular weight is 385 g/mol. The van der Waals surface area contributed by atoms with E-state index in [1.807, 2.05) is 31.2 Å². The highest BCUT2D eigenvalue weighted by atomic mass is 35.5. The lowest BCUT2D eigenvalue weighted by Gasteiger charge is -2.18. The Morgan fingerprint density at radius 1 is 1.15 bits per heavy atom. The van der Waals surface area contributed by atoms with Gasteiger partial charge in [0, 0.05) is 16.2 Å². The molecule has 1 aliphatic heterocycles. The summed E-state index contributed by atoms with van der Waals surface area (Å²) in [4.78, 5) is 12.7. The predicted octanol–water partition coefficient (Wildman–Crippen LogP) is 5.15. The molecule has 3 aromatic rings. The minimum absolute atomic E-state index is 0.0576. The number of hydrogen-bond acceptors (Lipinski definition) is 3. The van der Waals surface area contributed by atoms with E-state index < -0.39 is 0 Å². The van der Waals surface area contributed by atoms with E-state index in [-0.39, 0.29) is 12.4 Å². The Hall–Kier alpha value is -2.56. The van der Waals surface area contributed by atoms with E-state index in [1.54, 1.807) is 35.0 Å². The van der Waals surface area contributed by atoms with Crippen molar-refractivity contribution in [1.82, 2.24) is 9.78 Å². The van der Waals surface area contributed by atoms with E-state index in [0.717, 1.165) is 5.69 Å². The van der Waals surface area contributed by atoms with Crippen LogP contribution in [0.4, 0.5) is 0 Å². The van der Waals surface area contributed by atoms with Crippen LogP contribution in [0.15, 0.2) is 54.1 Å². The standard InChI is InChI=1S/C20H14Cl2N2O2/c1-12-17(20(22)24(23-12)15-6-4-5-14(21)10-15)9-13-11-26-18-8-3-2-7-16(18)19(13)25/h2-10H,11H2,1H3/b13-9+. The van der Waals surface area contributed by atoms with Crippen molar-refractivity contribution in [3.63, 3.8) is 0 Å². The number of ketones is 1. The second-order valence-corrected chi connectivity index (χ2v) is 6.76. The molecule has 1 aliphatic rings. The molecule has 4 nitrogen and oxygen atoms in total. The number of aromatic nitrogens is 2. The molecule has 0 atom stereocenters. The van der Waals surface area contributed by atoms with Crippen molar-refractivity contribution >= 4 is 35.1 Å². The van der Waals surface area contributed by atoms with Gasteiger partial charge in [-0.25, -0.2) is 4.68 Å². The molecule has 0 aliphatic carbocycles. The van der Waals surface area contributed by atoms with Crippen molar-refractivity contribution in [3.8, 4) is 11.4 Å². The Morgan fingerprint density at radius 2 is 1.96 bits per heavy atom. The number of aryl methyl sites for hydroxylation is 1. The van der Waals surface area contributed by atoms with Crippen molar-refractivity contribution in [2.24, 2.45) is 0 Å². The number of nitrogens with zero attached hydrogens (tertiary/aromatic N) is 2. The van der Waals surface area contributed by atoms with Gasteiger partial charge in [-0.15, -0.1) is 0 Å². The third kappa shape index (κ3) is 2.91. The fraction of sp³-hybridized carbons (Fsp3) is 0.100. The lowest BCUT2D eigenvalue weighted by Crippen LogP contribution is -2.18. The van der Waals surface area contributed by atoms with Gasteiger partial charge < -0.3 is 4.74 Å². The SMILES string of the molecule is Cc1nn(-c2cccc(Cl)c2)c(Cl)c1/C=C1\COc2ccccc2C1=O. The van der Waals surface area contributed by atoms with Crippen molar-refractivity contribution < 1.29 is 9.53 Å². The zero-order valence-electron chi connectivity index (χ0n) is 13.9. The number of benzene rings is 2. The maximum absolute atomic E-state index is 12.7. The normalized spacial score (nSPS) is 15.0. The first kappa shape index (κ1) is 16.9. The molecule has 2 aromatic carbocycles. The summed E-state index contributed by atoms with van der Waals surface area (Å²) >= 11 is 12.6. The number of ether oxygens (including phenoxy) is 1. The quantitative estimate of drug-likeness (QED) is 0.574. The molecule has 0 spiro atoms. The molecule has 0 unspecified atom stereocenters. The molecule has 0 fully saturated rings. The van der Waals surface area contributed by atoms with Gasteiger partial charge in [0.05, 0.1) is 16.9 Å². The number of Topliss-reactive ketones (excluding diaryl/α,β-unsaturated/α-hetero) is 1. The molecule has 0 radical (unpaired) electrons. The number of para-hydroxylation sites is 1. The van der Waals surface area contributed by atoms with Gasteiger partial charge in [-0.05, 0) is 43.3 Å². The van der Waals surface area contributed by atoms with Crippen LogP contribution in [0.25, 0.3) is 11.8 Å². The first-order valence-corrected chi connectivity index (χ1v) is 8.78. The van der Waals surface area contributed by atoms with Gasteiger partial charge in [0.15, 0.2) is 5.78 Å². The zero-order chi connectivity index (χ0) is 18.3. The fourth-order valence-electron chi connectivity index (χ4n) is 2.91. The van der Waals surface area contributed by atoms with Crippen molar-refractivity contribution in [3.05, 3.63) is 81.1 Å². The molecule has 0 bridgehead atoms. The van der Waals surface area contributed by atoms with Gasteiger partial charge in [0.2, 0.25) is 0 Å². The number of hydrogen-bond donors (Lipinski definition) is 0. The average Bonchev–Trinajstić information content (AvgIpc) is 2.92. The van der Waals surface area contributed by atoms with Crippen molar-refractivity contribution in [1.29, 1.82) is 0 Å². The number of rotatable bonds is 2. The summed E-state index contributed by atoms with van der Waals surface area (Å²) in [7, 11) is 0. The second kappa shape index (κ2) is 6.63. The summed E-state index contributed by atoms with van der Waals surface area (Å²) in [5.41, 5.74) is 3.26. The summed E-state index contributed by atoms with van der Waals surface area (Å²) < 4.78 is 7.30. The predicted molar refractivity (Wildman–Crippen MR) is 103 cm³/mol. The minimum atomic E-state index is -0.0576. The molecular weight excluding hydrogens is 371 g/mol. The van der Waals surface area contributed by atoms with E-state index in [9.17, 15) is 4.79 Å². The van der Waals surface area contributed by atoms with Gasteiger partial charge in [-0.2, -0.15) is 5.10 Å². The second-order valence-electron chi connectivity index (χ2n) is 5.97. The van der Waals surface area contributed by atoms with Gasteiger partial charge >= 0.3 is 0 Å². The van der Waals surface area contributed by atoms with Crippen LogP contribution in [0.2, 0.25) is 10.2 Å². The molecule has 4 rings (SSSR count). The van der Waals surface area contributed by atoms with Gasteiger partial charge in [0.25, 0.3) is 0 Å². The van der Waals surface area contributed by atoms with E-state index in [2.05, 4.69) is 5.10 Å². The summed E-state index contributed by atoms with van der Waals surface area (Å²) in [5.74, 6) is 0.546. The Kier molecular flexibility index (Phi) is 4.31. The van der Waals surface area contributed by atoms with Crippen LogP contribution in [-0.2, 0) is 0 Å². The summed E-state index contributed by atoms with van der Waals surface area (Å²) in [5, 5.41) is 5.50. The molecular formula is C20H14Cl2N2O2. The summed E-state index contributed by atoms with van der Waals surface area (Å²) in [6.45, 7) is 2.05. The third-order valence-corrected chi connectivity index (χ3v) is 4.82. The first-order chi connectivity index (χ1) is 12.5. The highest BCUT2D eigenvalue weighted by Gasteiger charge is 2.24. The number of carbonyl (C=O) groups excluding carboxylic acids is 1. The maximum atomic E-state index is 12.7. The molecule has 130 valence electrons. The largest absolute Gasteiger partial charge is 0.488 e. The molecule has 1 aromatic heterocycles. The molecule has 0 saturated carbocycles. The molecule has 0 saturated heterocycles. The summed E-state index contributed by atoms with van der Waals surface area (Å²) in [6, 6.07) is 14.5. The number of carbonyl (C=O) groups is 1. The van der Waals surface area contributed by atoms with Crippen LogP contribution >= 0.6 is 23.2 Å². The zero-order valence-corrected chi connectivity index (χ0v) is 15.4. The maximum Gasteiger partial charge on any atom is 0.196 e. The Morgan fingerprint density at radius 3 is 2.77 bits per heavy atom. The van der Waals surface area contributed by atoms with Gasteiger partial charge in [-0.1, -0.05) is 41.4 Å². The first-order valence-electron chi connectivity index (χ1n) is 8.03. The van der Waals surface area contributed by atoms with Crippen molar-refractivity contribution in [2.45, 2.75) is 6.92 Å². The van der Waals surface area contributed by atoms with Crippen LogP contribution in [0.5, 0.6) is 5.75 Å². The van der Waals surface area contributed by atoms with E-state index in [4.69, 9.17) is 27.9 Å².